The lowest BCUT2D eigenvalue weighted by atomic mass is 10.0. The van der Waals surface area contributed by atoms with Gasteiger partial charge < -0.3 is 4.74 Å². The average Bonchev–Trinajstić information content (AvgIpc) is 3.19. The minimum atomic E-state index is -3.52. The molecule has 1 N–H and O–H groups in total. The molecule has 0 saturated carbocycles. The molecule has 0 radical (unpaired) electrons. The highest BCUT2D eigenvalue weighted by atomic mass is 32.2. The number of nitrogens with zero attached hydrogens (tertiary/aromatic N) is 1. The standard InChI is InChI=1S/C22H27FN2O4S/c1-29-22(26)19-9-7-17(8-10-19)15-24-30(27,28)14-12-21(18-5-3-2-4-6-18)25-13-11-20(23)16-25/h2-10,20-21,24H,11-16H2,1H3/t20-,21-/m1/s1. The molecule has 0 amide bonds. The first-order valence-corrected chi connectivity index (χ1v) is 11.6. The van der Waals surface area contributed by atoms with Gasteiger partial charge >= 0.3 is 5.97 Å². The molecule has 30 heavy (non-hydrogen) atoms. The van der Waals surface area contributed by atoms with Crippen molar-refractivity contribution in [2.24, 2.45) is 0 Å². The number of methoxy groups -OCH3 is 1. The number of carbonyl (C=O) groups excluding carboxylic acids is 1. The number of benzene rings is 2. The van der Waals surface area contributed by atoms with Crippen LogP contribution in [0.5, 0.6) is 0 Å². The second kappa shape index (κ2) is 10.1. The number of ether oxygens (including phenoxy) is 1. The molecular formula is C22H27FN2O4S. The largest absolute Gasteiger partial charge is 0.465 e. The van der Waals surface area contributed by atoms with Crippen molar-refractivity contribution in [3.8, 4) is 0 Å². The highest BCUT2D eigenvalue weighted by Crippen LogP contribution is 2.29. The molecule has 1 heterocycles. The van der Waals surface area contributed by atoms with Crippen molar-refractivity contribution in [2.45, 2.75) is 31.6 Å². The van der Waals surface area contributed by atoms with Gasteiger partial charge in [-0.3, -0.25) is 4.90 Å². The molecule has 1 aliphatic rings. The Morgan fingerprint density at radius 2 is 1.90 bits per heavy atom. The zero-order chi connectivity index (χ0) is 21.6. The van der Waals surface area contributed by atoms with Crippen molar-refractivity contribution in [1.82, 2.24) is 9.62 Å². The van der Waals surface area contributed by atoms with Crippen molar-refractivity contribution in [3.05, 3.63) is 71.3 Å². The quantitative estimate of drug-likeness (QED) is 0.614. The summed E-state index contributed by atoms with van der Waals surface area (Å²) >= 11 is 0. The van der Waals surface area contributed by atoms with E-state index in [-0.39, 0.29) is 18.3 Å². The summed E-state index contributed by atoms with van der Waals surface area (Å²) in [7, 11) is -2.21. The fourth-order valence-corrected chi connectivity index (χ4v) is 4.73. The number of sulfonamides is 1. The van der Waals surface area contributed by atoms with Crippen molar-refractivity contribution in [3.63, 3.8) is 0 Å². The van der Waals surface area contributed by atoms with E-state index in [1.165, 1.54) is 7.11 Å². The highest BCUT2D eigenvalue weighted by Gasteiger charge is 2.30. The van der Waals surface area contributed by atoms with Crippen LogP contribution in [0, 0.1) is 0 Å². The second-order valence-corrected chi connectivity index (χ2v) is 9.35. The zero-order valence-electron chi connectivity index (χ0n) is 17.0. The van der Waals surface area contributed by atoms with Gasteiger partial charge in [-0.1, -0.05) is 42.5 Å². The van der Waals surface area contributed by atoms with E-state index in [0.717, 1.165) is 11.1 Å². The van der Waals surface area contributed by atoms with E-state index in [9.17, 15) is 17.6 Å². The number of esters is 1. The molecule has 2 atom stereocenters. The van der Waals surface area contributed by atoms with Gasteiger partial charge in [0.05, 0.1) is 18.4 Å². The summed E-state index contributed by atoms with van der Waals surface area (Å²) in [6.07, 6.45) is 0.00221. The number of nitrogens with one attached hydrogen (secondary N) is 1. The van der Waals surface area contributed by atoms with Gasteiger partial charge in [-0.25, -0.2) is 22.3 Å². The second-order valence-electron chi connectivity index (χ2n) is 7.42. The number of hydrogen-bond acceptors (Lipinski definition) is 5. The third-order valence-electron chi connectivity index (χ3n) is 5.32. The maximum Gasteiger partial charge on any atom is 0.337 e. The number of rotatable bonds is 9. The molecule has 3 rings (SSSR count). The molecule has 6 nitrogen and oxygen atoms in total. The minimum Gasteiger partial charge on any atom is -0.465 e. The Hall–Kier alpha value is -2.29. The van der Waals surface area contributed by atoms with Crippen molar-refractivity contribution in [1.29, 1.82) is 0 Å². The van der Waals surface area contributed by atoms with Crippen molar-refractivity contribution >= 4 is 16.0 Å². The summed E-state index contributed by atoms with van der Waals surface area (Å²) in [5, 5.41) is 0. The SMILES string of the molecule is COC(=O)c1ccc(CNS(=O)(=O)CC[C@H](c2ccccc2)N2CC[C@@H](F)C2)cc1. The predicted octanol–water partition coefficient (Wildman–Crippen LogP) is 3.07. The molecule has 162 valence electrons. The fraction of sp³-hybridized carbons (Fsp3) is 0.409. The summed E-state index contributed by atoms with van der Waals surface area (Å²) in [5.41, 5.74) is 2.15. The lowest BCUT2D eigenvalue weighted by molar-refractivity contribution is 0.0600. The molecule has 1 aliphatic heterocycles. The van der Waals surface area contributed by atoms with Crippen LogP contribution >= 0.6 is 0 Å². The molecule has 2 aromatic rings. The Morgan fingerprint density at radius 1 is 1.20 bits per heavy atom. The maximum absolute atomic E-state index is 13.7. The van der Waals surface area contributed by atoms with Crippen LogP contribution in [0.3, 0.4) is 0 Å². The molecule has 0 aliphatic carbocycles. The number of alkyl halides is 1. The van der Waals surface area contributed by atoms with Crippen LogP contribution in [-0.4, -0.2) is 51.4 Å². The Kier molecular flexibility index (Phi) is 7.58. The van der Waals surface area contributed by atoms with Crippen LogP contribution in [0.25, 0.3) is 0 Å². The van der Waals surface area contributed by atoms with Gasteiger partial charge in [-0.15, -0.1) is 0 Å². The van der Waals surface area contributed by atoms with E-state index < -0.39 is 22.2 Å². The summed E-state index contributed by atoms with van der Waals surface area (Å²) in [6.45, 7) is 1.09. The Bertz CT molecular complexity index is 935. The number of likely N-dealkylation sites (tertiary alicyclic amines) is 1. The van der Waals surface area contributed by atoms with Crippen LogP contribution in [0.4, 0.5) is 4.39 Å². The van der Waals surface area contributed by atoms with E-state index in [4.69, 9.17) is 0 Å². The fourth-order valence-electron chi connectivity index (χ4n) is 3.67. The average molecular weight is 435 g/mol. The summed E-state index contributed by atoms with van der Waals surface area (Å²) in [5.74, 6) is -0.494. The molecule has 1 saturated heterocycles. The van der Waals surface area contributed by atoms with Gasteiger partial charge in [0.2, 0.25) is 10.0 Å². The van der Waals surface area contributed by atoms with Crippen molar-refractivity contribution < 1.29 is 22.3 Å². The van der Waals surface area contributed by atoms with E-state index >= 15 is 0 Å². The van der Waals surface area contributed by atoms with Crippen LogP contribution in [0.2, 0.25) is 0 Å². The Morgan fingerprint density at radius 3 is 2.50 bits per heavy atom. The van der Waals surface area contributed by atoms with Gasteiger partial charge in [-0.05, 0) is 36.1 Å². The van der Waals surface area contributed by atoms with Gasteiger partial charge in [0.1, 0.15) is 6.17 Å². The van der Waals surface area contributed by atoms with Crippen LogP contribution in [0.1, 0.15) is 40.4 Å². The number of carbonyl (C=O) groups is 1. The topological polar surface area (TPSA) is 75.7 Å². The first kappa shape index (κ1) is 22.4. The first-order chi connectivity index (χ1) is 14.4. The van der Waals surface area contributed by atoms with E-state index in [2.05, 4.69) is 9.46 Å². The van der Waals surface area contributed by atoms with Gasteiger partial charge in [0.15, 0.2) is 0 Å². The van der Waals surface area contributed by atoms with Crippen LogP contribution < -0.4 is 4.72 Å². The van der Waals surface area contributed by atoms with Crippen LogP contribution in [-0.2, 0) is 21.3 Å². The smallest absolute Gasteiger partial charge is 0.337 e. The number of hydrogen-bond donors (Lipinski definition) is 1. The van der Waals surface area contributed by atoms with Gasteiger partial charge in [-0.2, -0.15) is 0 Å². The lowest BCUT2D eigenvalue weighted by Gasteiger charge is -2.28. The summed E-state index contributed by atoms with van der Waals surface area (Å²) in [4.78, 5) is 13.5. The summed E-state index contributed by atoms with van der Waals surface area (Å²) in [6, 6.07) is 16.1. The molecule has 0 spiro atoms. The van der Waals surface area contributed by atoms with Crippen LogP contribution in [0.15, 0.2) is 54.6 Å². The van der Waals surface area contributed by atoms with E-state index in [0.29, 0.717) is 31.5 Å². The van der Waals surface area contributed by atoms with Gasteiger partial charge in [0.25, 0.3) is 0 Å². The summed E-state index contributed by atoms with van der Waals surface area (Å²) < 4.78 is 46.1. The number of halogens is 1. The first-order valence-electron chi connectivity index (χ1n) is 9.95. The monoisotopic (exact) mass is 434 g/mol. The van der Waals surface area contributed by atoms with Gasteiger partial charge in [0, 0.05) is 25.7 Å². The Balaban J connectivity index is 1.60. The molecule has 0 aromatic heterocycles. The zero-order valence-corrected chi connectivity index (χ0v) is 17.8. The third kappa shape index (κ3) is 6.10. The predicted molar refractivity (Wildman–Crippen MR) is 113 cm³/mol. The minimum absolute atomic E-state index is 0.0553. The normalized spacial score (nSPS) is 18.3. The van der Waals surface area contributed by atoms with Crippen molar-refractivity contribution in [2.75, 3.05) is 26.0 Å². The molecule has 8 heteroatoms. The molecule has 2 aromatic carbocycles. The molecule has 1 fully saturated rings. The third-order valence-corrected chi connectivity index (χ3v) is 6.68. The van der Waals surface area contributed by atoms with E-state index in [1.807, 2.05) is 35.2 Å². The maximum atomic E-state index is 13.7. The highest BCUT2D eigenvalue weighted by molar-refractivity contribution is 7.89. The molecular weight excluding hydrogens is 407 g/mol. The Labute approximate surface area is 177 Å². The molecule has 0 unspecified atom stereocenters. The van der Waals surface area contributed by atoms with E-state index in [1.54, 1.807) is 24.3 Å². The lowest BCUT2D eigenvalue weighted by Crippen LogP contribution is -2.32. The molecule has 0 bridgehead atoms.